The van der Waals surface area contributed by atoms with Gasteiger partial charge in [0, 0.05) is 24.8 Å². The molecule has 2 aliphatic heterocycles. The third-order valence-corrected chi connectivity index (χ3v) is 5.37. The second-order valence-electron chi connectivity index (χ2n) is 5.94. The molecule has 2 atom stereocenters. The topological polar surface area (TPSA) is 15.6 Å². The van der Waals surface area contributed by atoms with Crippen LogP contribution in [-0.4, -0.2) is 29.6 Å². The van der Waals surface area contributed by atoms with Crippen LogP contribution >= 0.6 is 11.9 Å². The Morgan fingerprint density at radius 3 is 2.85 bits per heavy atom. The van der Waals surface area contributed by atoms with E-state index >= 15 is 0 Å². The molecule has 20 heavy (non-hydrogen) atoms. The van der Waals surface area contributed by atoms with Crippen LogP contribution in [0.5, 0.6) is 0 Å². The lowest BCUT2D eigenvalue weighted by atomic mass is 9.87. The molecule has 0 bridgehead atoms. The molecule has 3 rings (SSSR count). The van der Waals surface area contributed by atoms with Gasteiger partial charge < -0.3 is 4.90 Å². The molecule has 2 heterocycles. The van der Waals surface area contributed by atoms with Crippen LogP contribution in [0.2, 0.25) is 0 Å². The highest BCUT2D eigenvalue weighted by atomic mass is 32.2. The van der Waals surface area contributed by atoms with Gasteiger partial charge in [-0.3, -0.25) is 0 Å². The predicted octanol–water partition coefficient (Wildman–Crippen LogP) is 4.44. The minimum Gasteiger partial charge on any atom is -0.358 e. The van der Waals surface area contributed by atoms with E-state index in [9.17, 15) is 0 Å². The number of benzene rings is 1. The lowest BCUT2D eigenvalue weighted by Gasteiger charge is -2.37. The number of fused-ring (bicyclic) bond motifs is 1. The molecular weight excluding hydrogens is 264 g/mol. The Balaban J connectivity index is 1.82. The molecule has 0 aliphatic carbocycles. The summed E-state index contributed by atoms with van der Waals surface area (Å²) in [6.45, 7) is 6.93. The van der Waals surface area contributed by atoms with Gasteiger partial charge >= 0.3 is 0 Å². The van der Waals surface area contributed by atoms with Crippen LogP contribution in [0.4, 0.5) is 0 Å². The summed E-state index contributed by atoms with van der Waals surface area (Å²) in [7, 11) is 0. The van der Waals surface area contributed by atoms with Gasteiger partial charge in [0.2, 0.25) is 0 Å². The van der Waals surface area contributed by atoms with Crippen molar-refractivity contribution in [3.63, 3.8) is 0 Å². The Hall–Kier alpha value is -0.960. The number of piperidine rings is 1. The molecule has 1 saturated heterocycles. The summed E-state index contributed by atoms with van der Waals surface area (Å²) in [6, 6.07) is 9.30. The standard InChI is InChI=1S/C17H24N2S/c1-3-13(2)14-6-8-15(9-7-14)16-5-4-10-19-11-12-20-18-17(16)19/h6-9,13,16H,3-5,10-12H2,1-2H3. The minimum absolute atomic E-state index is 0.516. The fourth-order valence-corrected chi connectivity index (χ4v) is 3.94. The molecule has 0 aromatic heterocycles. The maximum absolute atomic E-state index is 4.74. The first kappa shape index (κ1) is 14.0. The highest BCUT2D eigenvalue weighted by Crippen LogP contribution is 2.33. The normalized spacial score (nSPS) is 24.0. The fraction of sp³-hybridized carbons (Fsp3) is 0.588. The highest BCUT2D eigenvalue weighted by molar-refractivity contribution is 7.98. The van der Waals surface area contributed by atoms with Gasteiger partial charge in [-0.25, -0.2) is 4.40 Å². The molecule has 0 spiro atoms. The van der Waals surface area contributed by atoms with Crippen molar-refractivity contribution >= 4 is 17.8 Å². The van der Waals surface area contributed by atoms with Crippen molar-refractivity contribution in [1.29, 1.82) is 0 Å². The Labute approximate surface area is 126 Å². The Morgan fingerprint density at radius 2 is 2.10 bits per heavy atom. The summed E-state index contributed by atoms with van der Waals surface area (Å²) in [5.74, 6) is 3.64. The van der Waals surface area contributed by atoms with Gasteiger partial charge in [0.1, 0.15) is 5.84 Å². The first-order chi connectivity index (χ1) is 9.79. The maximum Gasteiger partial charge on any atom is 0.120 e. The van der Waals surface area contributed by atoms with Crippen molar-refractivity contribution in [2.24, 2.45) is 4.40 Å². The van der Waals surface area contributed by atoms with E-state index in [1.165, 1.54) is 49.3 Å². The number of nitrogens with zero attached hydrogens (tertiary/aromatic N) is 2. The molecule has 3 heteroatoms. The van der Waals surface area contributed by atoms with Gasteiger partial charge in [-0.05, 0) is 48.3 Å². The zero-order valence-corrected chi connectivity index (χ0v) is 13.3. The van der Waals surface area contributed by atoms with Crippen LogP contribution in [-0.2, 0) is 0 Å². The lowest BCUT2D eigenvalue weighted by Crippen LogP contribution is -2.42. The fourth-order valence-electron chi connectivity index (χ4n) is 3.17. The first-order valence-electron chi connectivity index (χ1n) is 7.84. The van der Waals surface area contributed by atoms with Gasteiger partial charge in [0.05, 0.1) is 0 Å². The smallest absolute Gasteiger partial charge is 0.120 e. The number of hydrogen-bond donors (Lipinski definition) is 0. The quantitative estimate of drug-likeness (QED) is 0.764. The zero-order chi connectivity index (χ0) is 13.9. The van der Waals surface area contributed by atoms with E-state index in [-0.39, 0.29) is 0 Å². The molecule has 2 nitrogen and oxygen atoms in total. The molecule has 0 radical (unpaired) electrons. The molecule has 0 saturated carbocycles. The lowest BCUT2D eigenvalue weighted by molar-refractivity contribution is 0.371. The number of rotatable bonds is 3. The van der Waals surface area contributed by atoms with Gasteiger partial charge in [-0.1, -0.05) is 38.1 Å². The van der Waals surface area contributed by atoms with Crippen LogP contribution < -0.4 is 0 Å². The van der Waals surface area contributed by atoms with Crippen LogP contribution in [0.15, 0.2) is 28.7 Å². The van der Waals surface area contributed by atoms with E-state index in [1.807, 2.05) is 0 Å². The van der Waals surface area contributed by atoms with Crippen LogP contribution in [0.25, 0.3) is 0 Å². The van der Waals surface area contributed by atoms with E-state index in [0.717, 1.165) is 5.75 Å². The number of amidine groups is 1. The van der Waals surface area contributed by atoms with Crippen molar-refractivity contribution < 1.29 is 0 Å². The Bertz CT molecular complexity index is 480. The minimum atomic E-state index is 0.516. The third-order valence-electron chi connectivity index (χ3n) is 4.69. The molecule has 2 unspecified atom stereocenters. The van der Waals surface area contributed by atoms with Crippen molar-refractivity contribution in [2.45, 2.75) is 44.9 Å². The van der Waals surface area contributed by atoms with Crippen molar-refractivity contribution in [3.05, 3.63) is 35.4 Å². The van der Waals surface area contributed by atoms with Crippen molar-refractivity contribution in [3.8, 4) is 0 Å². The van der Waals surface area contributed by atoms with E-state index in [0.29, 0.717) is 11.8 Å². The summed E-state index contributed by atoms with van der Waals surface area (Å²) >= 11 is 1.74. The molecule has 108 valence electrons. The largest absolute Gasteiger partial charge is 0.358 e. The third kappa shape index (κ3) is 2.73. The molecule has 1 aromatic carbocycles. The summed E-state index contributed by atoms with van der Waals surface area (Å²) < 4.78 is 4.74. The Morgan fingerprint density at radius 1 is 1.30 bits per heavy atom. The van der Waals surface area contributed by atoms with Gasteiger partial charge in [-0.2, -0.15) is 0 Å². The van der Waals surface area contributed by atoms with Gasteiger partial charge in [0.15, 0.2) is 0 Å². The van der Waals surface area contributed by atoms with Crippen LogP contribution in [0.3, 0.4) is 0 Å². The van der Waals surface area contributed by atoms with E-state index in [2.05, 4.69) is 43.0 Å². The average Bonchev–Trinajstić information content (AvgIpc) is 2.54. The second-order valence-corrected chi connectivity index (χ2v) is 6.79. The second kappa shape index (κ2) is 6.21. The molecule has 2 aliphatic rings. The monoisotopic (exact) mass is 288 g/mol. The number of hydrogen-bond acceptors (Lipinski definition) is 3. The van der Waals surface area contributed by atoms with E-state index in [4.69, 9.17) is 4.40 Å². The van der Waals surface area contributed by atoms with Crippen molar-refractivity contribution in [1.82, 2.24) is 4.90 Å². The molecule has 0 amide bonds. The summed E-state index contributed by atoms with van der Waals surface area (Å²) in [6.07, 6.45) is 3.75. The van der Waals surface area contributed by atoms with Gasteiger partial charge in [0.25, 0.3) is 0 Å². The maximum atomic E-state index is 4.74. The Kier molecular flexibility index (Phi) is 4.35. The molecular formula is C17H24N2S. The predicted molar refractivity (Wildman–Crippen MR) is 88.6 cm³/mol. The summed E-state index contributed by atoms with van der Waals surface area (Å²) in [4.78, 5) is 2.49. The molecule has 0 N–H and O–H groups in total. The van der Waals surface area contributed by atoms with Gasteiger partial charge in [-0.15, -0.1) is 0 Å². The highest BCUT2D eigenvalue weighted by Gasteiger charge is 2.29. The van der Waals surface area contributed by atoms with Crippen LogP contribution in [0.1, 0.15) is 56.1 Å². The summed E-state index contributed by atoms with van der Waals surface area (Å²) in [5, 5.41) is 0. The van der Waals surface area contributed by atoms with Crippen molar-refractivity contribution in [2.75, 3.05) is 18.8 Å². The SMILES string of the molecule is CCC(C)c1ccc(C2CCCN3CCSN=C23)cc1. The average molecular weight is 288 g/mol. The van der Waals surface area contributed by atoms with E-state index in [1.54, 1.807) is 11.9 Å². The van der Waals surface area contributed by atoms with E-state index < -0.39 is 0 Å². The van der Waals surface area contributed by atoms with Crippen LogP contribution in [0, 0.1) is 0 Å². The molecule has 1 aromatic rings. The molecule has 1 fully saturated rings. The zero-order valence-electron chi connectivity index (χ0n) is 12.5. The first-order valence-corrected chi connectivity index (χ1v) is 8.78. The summed E-state index contributed by atoms with van der Waals surface area (Å²) in [5.41, 5.74) is 2.91.